The molecule has 1 rings (SSSR count). The maximum atomic E-state index is 12.3. The minimum absolute atomic E-state index is 0.261. The molecule has 0 saturated carbocycles. The molecule has 1 aliphatic rings. The molecule has 0 aliphatic carbocycles. The summed E-state index contributed by atoms with van der Waals surface area (Å²) in [6.07, 6.45) is 6.86. The van der Waals surface area contributed by atoms with Crippen molar-refractivity contribution in [3.05, 3.63) is 12.7 Å². The fourth-order valence-electron chi connectivity index (χ4n) is 2.38. The van der Waals surface area contributed by atoms with Crippen LogP contribution in [0, 0.1) is 0 Å². The standard InChI is InChI=1S/C13H24N2O/c1-4-6-7-11-15(3)12(16)13(5-2)9-8-10-14-13/h4,14H,1,5-11H2,2-3H3. The third kappa shape index (κ3) is 2.85. The first-order chi connectivity index (χ1) is 7.66. The van der Waals surface area contributed by atoms with Crippen LogP contribution in [-0.4, -0.2) is 36.5 Å². The predicted molar refractivity (Wildman–Crippen MR) is 67.3 cm³/mol. The van der Waals surface area contributed by atoms with Gasteiger partial charge in [-0.05, 0) is 38.6 Å². The zero-order valence-electron chi connectivity index (χ0n) is 10.6. The Bertz CT molecular complexity index is 244. The van der Waals surface area contributed by atoms with E-state index in [1.54, 1.807) is 0 Å². The molecule has 0 aromatic heterocycles. The smallest absolute Gasteiger partial charge is 0.242 e. The molecule has 16 heavy (non-hydrogen) atoms. The Kier molecular flexibility index (Phi) is 5.00. The number of allylic oxidation sites excluding steroid dienone is 1. The van der Waals surface area contributed by atoms with Gasteiger partial charge in [0.1, 0.15) is 0 Å². The summed E-state index contributed by atoms with van der Waals surface area (Å²) in [7, 11) is 1.91. The van der Waals surface area contributed by atoms with Gasteiger partial charge in [0.2, 0.25) is 5.91 Å². The van der Waals surface area contributed by atoms with Crippen molar-refractivity contribution in [2.24, 2.45) is 0 Å². The Hall–Kier alpha value is -0.830. The van der Waals surface area contributed by atoms with Crippen molar-refractivity contribution >= 4 is 5.91 Å². The molecule has 0 bridgehead atoms. The lowest BCUT2D eigenvalue weighted by Crippen LogP contribution is -2.53. The Labute approximate surface area is 98.9 Å². The van der Waals surface area contributed by atoms with Crippen LogP contribution in [0.3, 0.4) is 0 Å². The highest BCUT2D eigenvalue weighted by Crippen LogP contribution is 2.25. The summed E-state index contributed by atoms with van der Waals surface area (Å²) in [5, 5.41) is 3.38. The molecule has 0 aromatic rings. The van der Waals surface area contributed by atoms with E-state index in [4.69, 9.17) is 0 Å². The highest BCUT2D eigenvalue weighted by atomic mass is 16.2. The SMILES string of the molecule is C=CCCCN(C)C(=O)C1(CC)CCCN1. The van der Waals surface area contributed by atoms with E-state index in [1.165, 1.54) is 0 Å². The molecule has 3 heteroatoms. The third-order valence-electron chi connectivity index (χ3n) is 3.51. The van der Waals surface area contributed by atoms with E-state index < -0.39 is 0 Å². The van der Waals surface area contributed by atoms with E-state index in [0.717, 1.165) is 45.2 Å². The topological polar surface area (TPSA) is 32.3 Å². The maximum Gasteiger partial charge on any atom is 0.242 e. The molecule has 1 saturated heterocycles. The summed E-state index contributed by atoms with van der Waals surface area (Å²) < 4.78 is 0. The molecule has 1 fully saturated rings. The number of unbranched alkanes of at least 4 members (excludes halogenated alkanes) is 1. The van der Waals surface area contributed by atoms with Gasteiger partial charge in [-0.25, -0.2) is 0 Å². The Balaban J connectivity index is 2.50. The van der Waals surface area contributed by atoms with Crippen LogP contribution < -0.4 is 5.32 Å². The molecule has 0 aromatic carbocycles. The summed E-state index contributed by atoms with van der Waals surface area (Å²) in [5.74, 6) is 0.261. The Morgan fingerprint density at radius 2 is 2.38 bits per heavy atom. The molecule has 1 atom stereocenters. The molecular formula is C13H24N2O. The normalized spacial score (nSPS) is 24.4. The number of rotatable bonds is 6. The van der Waals surface area contributed by atoms with Crippen LogP contribution in [0.2, 0.25) is 0 Å². The summed E-state index contributed by atoms with van der Waals surface area (Å²) in [6, 6.07) is 0. The third-order valence-corrected chi connectivity index (χ3v) is 3.51. The molecule has 1 N–H and O–H groups in total. The minimum atomic E-state index is -0.275. The van der Waals surface area contributed by atoms with Crippen LogP contribution in [-0.2, 0) is 4.79 Å². The van der Waals surface area contributed by atoms with Crippen LogP contribution in [0.25, 0.3) is 0 Å². The average molecular weight is 224 g/mol. The van der Waals surface area contributed by atoms with E-state index in [2.05, 4.69) is 18.8 Å². The van der Waals surface area contributed by atoms with E-state index in [1.807, 2.05) is 18.0 Å². The zero-order valence-corrected chi connectivity index (χ0v) is 10.6. The molecule has 1 heterocycles. The first kappa shape index (κ1) is 13.2. The van der Waals surface area contributed by atoms with Gasteiger partial charge >= 0.3 is 0 Å². The number of carbonyl (C=O) groups is 1. The Morgan fingerprint density at radius 3 is 2.88 bits per heavy atom. The lowest BCUT2D eigenvalue weighted by Gasteiger charge is -2.31. The summed E-state index contributed by atoms with van der Waals surface area (Å²) in [5.41, 5.74) is -0.275. The van der Waals surface area contributed by atoms with Crippen LogP contribution >= 0.6 is 0 Å². The average Bonchev–Trinajstić information content (AvgIpc) is 2.78. The van der Waals surface area contributed by atoms with Gasteiger partial charge in [0.15, 0.2) is 0 Å². The van der Waals surface area contributed by atoms with Gasteiger partial charge in [-0.2, -0.15) is 0 Å². The van der Waals surface area contributed by atoms with E-state index >= 15 is 0 Å². The second kappa shape index (κ2) is 6.04. The summed E-state index contributed by atoms with van der Waals surface area (Å²) >= 11 is 0. The number of likely N-dealkylation sites (N-methyl/N-ethyl adjacent to an activating group) is 1. The molecular weight excluding hydrogens is 200 g/mol. The summed E-state index contributed by atoms with van der Waals surface area (Å²) in [6.45, 7) is 7.58. The molecule has 92 valence electrons. The molecule has 0 spiro atoms. The molecule has 0 radical (unpaired) electrons. The first-order valence-corrected chi connectivity index (χ1v) is 6.28. The number of carbonyl (C=O) groups excluding carboxylic acids is 1. The minimum Gasteiger partial charge on any atom is -0.344 e. The van der Waals surface area contributed by atoms with Crippen molar-refractivity contribution < 1.29 is 4.79 Å². The monoisotopic (exact) mass is 224 g/mol. The largest absolute Gasteiger partial charge is 0.344 e. The highest BCUT2D eigenvalue weighted by molar-refractivity contribution is 5.86. The zero-order chi connectivity index (χ0) is 12.0. The fourth-order valence-corrected chi connectivity index (χ4v) is 2.38. The number of nitrogens with one attached hydrogen (secondary N) is 1. The van der Waals surface area contributed by atoms with Crippen LogP contribution in [0.5, 0.6) is 0 Å². The lowest BCUT2D eigenvalue weighted by atomic mass is 9.92. The van der Waals surface area contributed by atoms with Crippen LogP contribution in [0.4, 0.5) is 0 Å². The molecule has 1 unspecified atom stereocenters. The predicted octanol–water partition coefficient (Wildman–Crippen LogP) is 1.94. The lowest BCUT2D eigenvalue weighted by molar-refractivity contribution is -0.136. The van der Waals surface area contributed by atoms with Gasteiger partial charge in [-0.1, -0.05) is 13.0 Å². The number of nitrogens with zero attached hydrogens (tertiary/aromatic N) is 1. The second-order valence-corrected chi connectivity index (χ2v) is 4.62. The van der Waals surface area contributed by atoms with Gasteiger partial charge in [0.25, 0.3) is 0 Å². The van der Waals surface area contributed by atoms with Crippen molar-refractivity contribution in [3.63, 3.8) is 0 Å². The van der Waals surface area contributed by atoms with Crippen molar-refractivity contribution in [1.82, 2.24) is 10.2 Å². The highest BCUT2D eigenvalue weighted by Gasteiger charge is 2.40. The van der Waals surface area contributed by atoms with Crippen molar-refractivity contribution in [2.75, 3.05) is 20.1 Å². The number of amides is 1. The summed E-state index contributed by atoms with van der Waals surface area (Å²) in [4.78, 5) is 14.2. The van der Waals surface area contributed by atoms with Gasteiger partial charge < -0.3 is 10.2 Å². The van der Waals surface area contributed by atoms with Crippen LogP contribution in [0.15, 0.2) is 12.7 Å². The van der Waals surface area contributed by atoms with Gasteiger partial charge in [-0.3, -0.25) is 4.79 Å². The quantitative estimate of drug-likeness (QED) is 0.552. The van der Waals surface area contributed by atoms with Gasteiger partial charge in [0.05, 0.1) is 5.54 Å². The fraction of sp³-hybridized carbons (Fsp3) is 0.769. The van der Waals surface area contributed by atoms with E-state index in [0.29, 0.717) is 0 Å². The number of hydrogen-bond acceptors (Lipinski definition) is 2. The molecule has 1 amide bonds. The van der Waals surface area contributed by atoms with Crippen molar-refractivity contribution in [1.29, 1.82) is 0 Å². The Morgan fingerprint density at radius 1 is 1.62 bits per heavy atom. The van der Waals surface area contributed by atoms with Crippen molar-refractivity contribution in [2.45, 2.75) is 44.6 Å². The van der Waals surface area contributed by atoms with Gasteiger partial charge in [0, 0.05) is 13.6 Å². The molecule has 1 aliphatic heterocycles. The maximum absolute atomic E-state index is 12.3. The molecule has 3 nitrogen and oxygen atoms in total. The number of hydrogen-bond donors (Lipinski definition) is 1. The van der Waals surface area contributed by atoms with Crippen LogP contribution in [0.1, 0.15) is 39.0 Å². The van der Waals surface area contributed by atoms with E-state index in [9.17, 15) is 4.79 Å². The van der Waals surface area contributed by atoms with E-state index in [-0.39, 0.29) is 11.4 Å². The van der Waals surface area contributed by atoms with Gasteiger partial charge in [-0.15, -0.1) is 6.58 Å². The van der Waals surface area contributed by atoms with Crippen molar-refractivity contribution in [3.8, 4) is 0 Å². The second-order valence-electron chi connectivity index (χ2n) is 4.62. The first-order valence-electron chi connectivity index (χ1n) is 6.28.